The van der Waals surface area contributed by atoms with Gasteiger partial charge in [0.1, 0.15) is 0 Å². The smallest absolute Gasteiger partial charge is 0.264 e. The van der Waals surface area contributed by atoms with Gasteiger partial charge in [-0.05, 0) is 33.0 Å². The van der Waals surface area contributed by atoms with Gasteiger partial charge in [-0.25, -0.2) is 0 Å². The monoisotopic (exact) mass is 291 g/mol. The summed E-state index contributed by atoms with van der Waals surface area (Å²) in [6.45, 7) is 6.21. The molecule has 1 aliphatic rings. The van der Waals surface area contributed by atoms with E-state index in [1.54, 1.807) is 0 Å². The molecule has 2 N–H and O–H groups in total. The Labute approximate surface area is 124 Å². The lowest BCUT2D eigenvalue weighted by Crippen LogP contribution is -2.56. The summed E-state index contributed by atoms with van der Waals surface area (Å²) in [5.41, 5.74) is 5.35. The van der Waals surface area contributed by atoms with Crippen molar-refractivity contribution in [1.82, 2.24) is 9.80 Å². The van der Waals surface area contributed by atoms with Gasteiger partial charge in [0.05, 0.1) is 16.3 Å². The minimum absolute atomic E-state index is 0.114. The molecule has 1 amide bonds. The van der Waals surface area contributed by atoms with Crippen molar-refractivity contribution in [2.45, 2.75) is 25.9 Å². The molecule has 5 heteroatoms. The predicted molar refractivity (Wildman–Crippen MR) is 82.8 cm³/mol. The third-order valence-electron chi connectivity index (χ3n) is 3.78. The van der Waals surface area contributed by atoms with E-state index in [0.717, 1.165) is 22.8 Å². The Morgan fingerprint density at radius 2 is 2.05 bits per heavy atom. The van der Waals surface area contributed by atoms with Crippen molar-refractivity contribution in [3.8, 4) is 11.8 Å². The van der Waals surface area contributed by atoms with Gasteiger partial charge in [0.25, 0.3) is 5.91 Å². The molecule has 2 unspecified atom stereocenters. The lowest BCUT2D eigenvalue weighted by atomic mass is 10.1. The summed E-state index contributed by atoms with van der Waals surface area (Å²) in [4.78, 5) is 18.4. The largest absolute Gasteiger partial charge is 0.335 e. The van der Waals surface area contributed by atoms with Crippen molar-refractivity contribution in [3.05, 3.63) is 21.9 Å². The van der Waals surface area contributed by atoms with Gasteiger partial charge in [-0.3, -0.25) is 9.69 Å². The summed E-state index contributed by atoms with van der Waals surface area (Å²) in [5.74, 6) is 5.90. The first-order chi connectivity index (χ1) is 9.52. The van der Waals surface area contributed by atoms with Crippen molar-refractivity contribution < 1.29 is 4.79 Å². The molecule has 2 heterocycles. The van der Waals surface area contributed by atoms with Crippen LogP contribution in [-0.4, -0.2) is 54.5 Å². The second-order valence-corrected chi connectivity index (χ2v) is 6.33. The molecule has 1 saturated heterocycles. The third-order valence-corrected chi connectivity index (χ3v) is 4.77. The first kappa shape index (κ1) is 15.0. The zero-order valence-corrected chi connectivity index (χ0v) is 13.0. The van der Waals surface area contributed by atoms with Gasteiger partial charge < -0.3 is 10.6 Å². The van der Waals surface area contributed by atoms with Gasteiger partial charge >= 0.3 is 0 Å². The van der Waals surface area contributed by atoms with E-state index < -0.39 is 0 Å². The molecule has 0 aromatic carbocycles. The number of likely N-dealkylation sites (N-methyl/N-ethyl adjacent to an activating group) is 1. The number of nitrogens with zero attached hydrogens (tertiary/aromatic N) is 2. The number of rotatable bonds is 1. The topological polar surface area (TPSA) is 49.6 Å². The molecule has 4 nitrogen and oxygen atoms in total. The number of hydrogen-bond acceptors (Lipinski definition) is 4. The molecule has 20 heavy (non-hydrogen) atoms. The SMILES string of the molecule is CC1CN(C(=O)c2ccc(C#CCN)s2)CC(C)N1C. The fourth-order valence-electron chi connectivity index (χ4n) is 2.38. The summed E-state index contributed by atoms with van der Waals surface area (Å²) in [5, 5.41) is 0. The van der Waals surface area contributed by atoms with Gasteiger partial charge in [0, 0.05) is 25.2 Å². The zero-order chi connectivity index (χ0) is 14.7. The molecule has 1 aromatic rings. The second-order valence-electron chi connectivity index (χ2n) is 5.24. The summed E-state index contributed by atoms with van der Waals surface area (Å²) < 4.78 is 0. The highest BCUT2D eigenvalue weighted by atomic mass is 32.1. The van der Waals surface area contributed by atoms with Gasteiger partial charge in [-0.2, -0.15) is 0 Å². The van der Waals surface area contributed by atoms with E-state index >= 15 is 0 Å². The Morgan fingerprint density at radius 1 is 1.40 bits per heavy atom. The lowest BCUT2D eigenvalue weighted by Gasteiger charge is -2.42. The van der Waals surface area contributed by atoms with Crippen molar-refractivity contribution in [1.29, 1.82) is 0 Å². The summed E-state index contributed by atoms with van der Waals surface area (Å²) >= 11 is 1.44. The number of amides is 1. The normalized spacial score (nSPS) is 23.3. The minimum atomic E-state index is 0.114. The van der Waals surface area contributed by atoms with E-state index in [-0.39, 0.29) is 5.91 Å². The Bertz CT molecular complexity index is 531. The van der Waals surface area contributed by atoms with Crippen LogP contribution in [0.3, 0.4) is 0 Å². The maximum absolute atomic E-state index is 12.5. The average Bonchev–Trinajstić information content (AvgIpc) is 2.90. The van der Waals surface area contributed by atoms with Crippen molar-refractivity contribution in [2.75, 3.05) is 26.7 Å². The molecule has 2 rings (SSSR count). The van der Waals surface area contributed by atoms with Gasteiger partial charge in [-0.1, -0.05) is 11.8 Å². The molecule has 2 atom stereocenters. The number of nitrogens with two attached hydrogens (primary N) is 1. The van der Waals surface area contributed by atoms with Crippen LogP contribution in [0, 0.1) is 11.8 Å². The molecule has 0 spiro atoms. The number of thiophene rings is 1. The molecular formula is C15H21N3OS. The van der Waals surface area contributed by atoms with Crippen LogP contribution in [0.1, 0.15) is 28.4 Å². The first-order valence-electron chi connectivity index (χ1n) is 6.83. The van der Waals surface area contributed by atoms with Crippen molar-refractivity contribution in [3.63, 3.8) is 0 Å². The van der Waals surface area contributed by atoms with E-state index in [9.17, 15) is 4.79 Å². The average molecular weight is 291 g/mol. The van der Waals surface area contributed by atoms with Crippen LogP contribution in [0.15, 0.2) is 12.1 Å². The molecule has 1 fully saturated rings. The van der Waals surface area contributed by atoms with E-state index in [1.807, 2.05) is 17.0 Å². The van der Waals surface area contributed by atoms with Crippen LogP contribution in [0.5, 0.6) is 0 Å². The molecule has 108 valence electrons. The van der Waals surface area contributed by atoms with Crippen LogP contribution < -0.4 is 5.73 Å². The number of carbonyl (C=O) groups is 1. The van der Waals surface area contributed by atoms with E-state index in [2.05, 4.69) is 37.6 Å². The van der Waals surface area contributed by atoms with Crippen molar-refractivity contribution >= 4 is 17.2 Å². The molecule has 1 aliphatic heterocycles. The van der Waals surface area contributed by atoms with Crippen LogP contribution in [0.4, 0.5) is 0 Å². The highest BCUT2D eigenvalue weighted by Crippen LogP contribution is 2.21. The summed E-state index contributed by atoms with van der Waals surface area (Å²) in [6.07, 6.45) is 0. The van der Waals surface area contributed by atoms with E-state index in [4.69, 9.17) is 5.73 Å². The highest BCUT2D eigenvalue weighted by molar-refractivity contribution is 7.14. The zero-order valence-electron chi connectivity index (χ0n) is 12.2. The maximum atomic E-state index is 12.5. The number of piperazine rings is 1. The first-order valence-corrected chi connectivity index (χ1v) is 7.64. The standard InChI is InChI=1S/C15H21N3OS/c1-11-9-18(10-12(2)17(11)3)15(19)14-7-6-13(20-14)5-4-8-16/h6-7,11-12H,8-10,16H2,1-3H3. The second kappa shape index (κ2) is 6.40. The van der Waals surface area contributed by atoms with Gasteiger partial charge in [0.2, 0.25) is 0 Å². The van der Waals surface area contributed by atoms with Crippen molar-refractivity contribution in [2.24, 2.45) is 5.73 Å². The maximum Gasteiger partial charge on any atom is 0.264 e. The van der Waals surface area contributed by atoms with Crippen LogP contribution in [0.2, 0.25) is 0 Å². The molecule has 0 bridgehead atoms. The molecule has 0 saturated carbocycles. The Hall–Kier alpha value is -1.35. The number of carbonyl (C=O) groups excluding carboxylic acids is 1. The van der Waals surface area contributed by atoms with Crippen LogP contribution in [-0.2, 0) is 0 Å². The summed E-state index contributed by atoms with van der Waals surface area (Å²) in [6, 6.07) is 4.53. The van der Waals surface area contributed by atoms with Crippen LogP contribution in [0.25, 0.3) is 0 Å². The Morgan fingerprint density at radius 3 is 2.65 bits per heavy atom. The quantitative estimate of drug-likeness (QED) is 0.792. The molecule has 1 aromatic heterocycles. The van der Waals surface area contributed by atoms with E-state index in [1.165, 1.54) is 11.3 Å². The Kier molecular flexibility index (Phi) is 4.81. The Balaban J connectivity index is 2.09. The predicted octanol–water partition coefficient (Wildman–Crippen LogP) is 1.22. The lowest BCUT2D eigenvalue weighted by molar-refractivity contribution is 0.0418. The fraction of sp³-hybridized carbons (Fsp3) is 0.533. The minimum Gasteiger partial charge on any atom is -0.335 e. The molecule has 0 radical (unpaired) electrons. The summed E-state index contributed by atoms with van der Waals surface area (Å²) in [7, 11) is 2.11. The highest BCUT2D eigenvalue weighted by Gasteiger charge is 2.30. The molecule has 0 aliphatic carbocycles. The number of hydrogen-bond donors (Lipinski definition) is 1. The van der Waals surface area contributed by atoms with Gasteiger partial charge in [-0.15, -0.1) is 11.3 Å². The van der Waals surface area contributed by atoms with E-state index in [0.29, 0.717) is 18.6 Å². The third kappa shape index (κ3) is 3.21. The molecular weight excluding hydrogens is 270 g/mol. The van der Waals surface area contributed by atoms with Gasteiger partial charge in [0.15, 0.2) is 0 Å². The fourth-order valence-corrected chi connectivity index (χ4v) is 3.23. The van der Waals surface area contributed by atoms with Crippen LogP contribution >= 0.6 is 11.3 Å².